The zero-order chi connectivity index (χ0) is 17.9. The summed E-state index contributed by atoms with van der Waals surface area (Å²) in [5, 5.41) is 8.08. The highest BCUT2D eigenvalue weighted by atomic mass is 35.5. The normalized spacial score (nSPS) is 11.8. The number of benzene rings is 1. The average Bonchev–Trinajstić information content (AvgIpc) is 2.74. The van der Waals surface area contributed by atoms with E-state index in [4.69, 9.17) is 11.6 Å². The van der Waals surface area contributed by atoms with Crippen molar-refractivity contribution in [3.63, 3.8) is 0 Å². The molecule has 2 aromatic rings. The first-order chi connectivity index (χ1) is 11.2. The number of aryl methyl sites for hydroxylation is 1. The molecule has 0 saturated heterocycles. The fourth-order valence-corrected chi connectivity index (χ4v) is 2.81. The van der Waals surface area contributed by atoms with E-state index in [2.05, 4.69) is 10.4 Å². The number of amides is 1. The van der Waals surface area contributed by atoms with Crippen LogP contribution in [0.5, 0.6) is 0 Å². The van der Waals surface area contributed by atoms with Gasteiger partial charge in [0.15, 0.2) is 0 Å². The van der Waals surface area contributed by atoms with Gasteiger partial charge < -0.3 is 5.32 Å². The number of carbonyl (C=O) groups excluding carboxylic acids is 1. The molecule has 1 amide bonds. The molecule has 0 fully saturated rings. The Morgan fingerprint density at radius 1 is 1.29 bits per heavy atom. The Morgan fingerprint density at radius 2 is 1.92 bits per heavy atom. The minimum atomic E-state index is -0.232. The van der Waals surface area contributed by atoms with E-state index in [9.17, 15) is 4.79 Å². The second kappa shape index (κ2) is 7.36. The van der Waals surface area contributed by atoms with Crippen LogP contribution in [-0.4, -0.2) is 39.7 Å². The lowest BCUT2D eigenvalue weighted by Gasteiger charge is -2.23. The van der Waals surface area contributed by atoms with Crippen LogP contribution in [0.1, 0.15) is 32.0 Å². The van der Waals surface area contributed by atoms with Gasteiger partial charge in [0.05, 0.1) is 17.9 Å². The third-order valence-electron chi connectivity index (χ3n) is 3.48. The lowest BCUT2D eigenvalue weighted by molar-refractivity contribution is -0.123. The van der Waals surface area contributed by atoms with Crippen molar-refractivity contribution >= 4 is 17.5 Å². The summed E-state index contributed by atoms with van der Waals surface area (Å²) in [6.45, 7) is 8.71. The van der Waals surface area contributed by atoms with E-state index in [0.29, 0.717) is 18.2 Å². The predicted octanol–water partition coefficient (Wildman–Crippen LogP) is 3.18. The van der Waals surface area contributed by atoms with Crippen molar-refractivity contribution in [1.82, 2.24) is 20.0 Å². The Balaban J connectivity index is 2.10. The molecule has 0 radical (unpaired) electrons. The van der Waals surface area contributed by atoms with E-state index in [1.807, 2.05) is 70.0 Å². The molecule has 6 heteroatoms. The summed E-state index contributed by atoms with van der Waals surface area (Å²) < 4.78 is 1.73. The quantitative estimate of drug-likeness (QED) is 0.902. The molecule has 1 aromatic heterocycles. The molecule has 0 aliphatic carbocycles. The summed E-state index contributed by atoms with van der Waals surface area (Å²) in [5.74, 6) is -0.00535. The van der Waals surface area contributed by atoms with Crippen molar-refractivity contribution in [2.24, 2.45) is 0 Å². The number of hydrogen-bond acceptors (Lipinski definition) is 3. The van der Waals surface area contributed by atoms with Crippen molar-refractivity contribution in [1.29, 1.82) is 0 Å². The highest BCUT2D eigenvalue weighted by Crippen LogP contribution is 2.24. The van der Waals surface area contributed by atoms with Crippen LogP contribution in [0.4, 0.5) is 0 Å². The van der Waals surface area contributed by atoms with Crippen LogP contribution in [-0.2, 0) is 11.3 Å². The van der Waals surface area contributed by atoms with Crippen molar-refractivity contribution < 1.29 is 4.79 Å². The van der Waals surface area contributed by atoms with Gasteiger partial charge in [0.2, 0.25) is 5.91 Å². The largest absolute Gasteiger partial charge is 0.350 e. The van der Waals surface area contributed by atoms with Crippen molar-refractivity contribution in [2.45, 2.75) is 39.8 Å². The predicted molar refractivity (Wildman–Crippen MR) is 97.5 cm³/mol. The molecule has 0 aliphatic heterocycles. The lowest BCUT2D eigenvalue weighted by Crippen LogP contribution is -2.45. The molecule has 0 saturated carbocycles. The van der Waals surface area contributed by atoms with Crippen LogP contribution in [0.15, 0.2) is 30.3 Å². The van der Waals surface area contributed by atoms with E-state index < -0.39 is 0 Å². The standard InChI is InChI=1S/C18H25ClN4O/c1-13-15(11-22(5)12-16(24)20-18(2,3)4)17(19)23(21-13)14-9-7-6-8-10-14/h6-10H,11-12H2,1-5H3,(H,20,24). The van der Waals surface area contributed by atoms with Crippen LogP contribution < -0.4 is 5.32 Å². The van der Waals surface area contributed by atoms with Crippen LogP contribution in [0.25, 0.3) is 5.69 Å². The molecule has 1 heterocycles. The van der Waals surface area contributed by atoms with E-state index in [-0.39, 0.29) is 11.4 Å². The van der Waals surface area contributed by atoms with E-state index in [0.717, 1.165) is 16.9 Å². The summed E-state index contributed by atoms with van der Waals surface area (Å²) in [4.78, 5) is 14.0. The number of hydrogen-bond donors (Lipinski definition) is 1. The second-order valence-electron chi connectivity index (χ2n) is 7.07. The molecular formula is C18H25ClN4O. The molecule has 0 unspecified atom stereocenters. The smallest absolute Gasteiger partial charge is 0.234 e. The fourth-order valence-electron chi connectivity index (χ4n) is 2.48. The molecule has 1 N–H and O–H groups in total. The maximum absolute atomic E-state index is 12.0. The molecule has 5 nitrogen and oxygen atoms in total. The average molecular weight is 349 g/mol. The van der Waals surface area contributed by atoms with E-state index >= 15 is 0 Å². The number of nitrogens with zero attached hydrogens (tertiary/aromatic N) is 3. The molecule has 0 atom stereocenters. The third-order valence-corrected chi connectivity index (χ3v) is 3.87. The van der Waals surface area contributed by atoms with Gasteiger partial charge in [-0.1, -0.05) is 29.8 Å². The molecule has 130 valence electrons. The van der Waals surface area contributed by atoms with Crippen molar-refractivity contribution in [3.05, 3.63) is 46.7 Å². The summed E-state index contributed by atoms with van der Waals surface area (Å²) >= 11 is 6.52. The summed E-state index contributed by atoms with van der Waals surface area (Å²) in [5.41, 5.74) is 2.49. The van der Waals surface area contributed by atoms with Crippen LogP contribution in [0.2, 0.25) is 5.15 Å². The number of carbonyl (C=O) groups is 1. The number of halogens is 1. The maximum atomic E-state index is 12.0. The number of likely N-dealkylation sites (N-methyl/N-ethyl adjacent to an activating group) is 1. The first-order valence-corrected chi connectivity index (χ1v) is 8.34. The van der Waals surface area contributed by atoms with Crippen LogP contribution >= 0.6 is 11.6 Å². The molecule has 0 aliphatic rings. The van der Waals surface area contributed by atoms with Gasteiger partial charge in [-0.3, -0.25) is 9.69 Å². The molecule has 0 spiro atoms. The summed E-state index contributed by atoms with van der Waals surface area (Å²) in [6, 6.07) is 9.78. The fraction of sp³-hybridized carbons (Fsp3) is 0.444. The number of rotatable bonds is 5. The Morgan fingerprint density at radius 3 is 2.50 bits per heavy atom. The lowest BCUT2D eigenvalue weighted by atomic mass is 10.1. The van der Waals surface area contributed by atoms with Crippen molar-refractivity contribution in [2.75, 3.05) is 13.6 Å². The van der Waals surface area contributed by atoms with Gasteiger partial charge in [0.25, 0.3) is 0 Å². The second-order valence-corrected chi connectivity index (χ2v) is 7.43. The van der Waals surface area contributed by atoms with Gasteiger partial charge in [0.1, 0.15) is 5.15 Å². The van der Waals surface area contributed by atoms with Gasteiger partial charge in [-0.25, -0.2) is 4.68 Å². The molecule has 2 rings (SSSR count). The molecular weight excluding hydrogens is 324 g/mol. The van der Waals surface area contributed by atoms with Gasteiger partial charge in [-0.05, 0) is 46.9 Å². The van der Waals surface area contributed by atoms with E-state index in [1.165, 1.54) is 0 Å². The van der Waals surface area contributed by atoms with Gasteiger partial charge in [-0.15, -0.1) is 0 Å². The zero-order valence-electron chi connectivity index (χ0n) is 14.9. The number of nitrogens with one attached hydrogen (secondary N) is 1. The molecule has 0 bridgehead atoms. The van der Waals surface area contributed by atoms with Crippen LogP contribution in [0.3, 0.4) is 0 Å². The Labute approximate surface area is 148 Å². The topological polar surface area (TPSA) is 50.2 Å². The third kappa shape index (κ3) is 4.82. The monoisotopic (exact) mass is 348 g/mol. The van der Waals surface area contributed by atoms with Crippen molar-refractivity contribution in [3.8, 4) is 5.69 Å². The zero-order valence-corrected chi connectivity index (χ0v) is 15.7. The minimum absolute atomic E-state index is 0.00535. The van der Waals surface area contributed by atoms with Gasteiger partial charge >= 0.3 is 0 Å². The van der Waals surface area contributed by atoms with Crippen LogP contribution in [0, 0.1) is 6.92 Å². The number of aromatic nitrogens is 2. The first kappa shape index (κ1) is 18.5. The Kier molecular flexibility index (Phi) is 5.67. The highest BCUT2D eigenvalue weighted by Gasteiger charge is 2.19. The molecule has 1 aromatic carbocycles. The first-order valence-electron chi connectivity index (χ1n) is 7.96. The SMILES string of the molecule is Cc1nn(-c2ccccc2)c(Cl)c1CN(C)CC(=O)NC(C)(C)C. The Bertz CT molecular complexity index is 704. The summed E-state index contributed by atoms with van der Waals surface area (Å²) in [6.07, 6.45) is 0. The maximum Gasteiger partial charge on any atom is 0.234 e. The summed E-state index contributed by atoms with van der Waals surface area (Å²) in [7, 11) is 1.90. The highest BCUT2D eigenvalue weighted by molar-refractivity contribution is 6.30. The molecule has 24 heavy (non-hydrogen) atoms. The number of para-hydroxylation sites is 1. The minimum Gasteiger partial charge on any atom is -0.350 e. The van der Waals surface area contributed by atoms with Gasteiger partial charge in [0, 0.05) is 17.6 Å². The Hall–Kier alpha value is -1.85. The van der Waals surface area contributed by atoms with Gasteiger partial charge in [-0.2, -0.15) is 5.10 Å². The van der Waals surface area contributed by atoms with E-state index in [1.54, 1.807) is 4.68 Å².